The molecule has 1 saturated heterocycles. The van der Waals surface area contributed by atoms with Gasteiger partial charge in [0.25, 0.3) is 11.7 Å². The van der Waals surface area contributed by atoms with Crippen molar-refractivity contribution in [1.82, 2.24) is 9.91 Å². The van der Waals surface area contributed by atoms with Crippen LogP contribution in [0.3, 0.4) is 0 Å². The van der Waals surface area contributed by atoms with Crippen molar-refractivity contribution < 1.29 is 53.8 Å². The Morgan fingerprint density at radius 1 is 0.969 bits per heavy atom. The van der Waals surface area contributed by atoms with Gasteiger partial charge in [-0.3, -0.25) is 19.4 Å². The summed E-state index contributed by atoms with van der Waals surface area (Å²) in [6, 6.07) is 0. The van der Waals surface area contributed by atoms with Gasteiger partial charge in [0.1, 0.15) is 29.5 Å². The number of phenols is 2. The zero-order valence-corrected chi connectivity index (χ0v) is 38.7. The number of anilines is 3. The van der Waals surface area contributed by atoms with Gasteiger partial charge in [-0.1, -0.05) is 45.9 Å². The fourth-order valence-electron chi connectivity index (χ4n) is 9.32. The van der Waals surface area contributed by atoms with E-state index in [4.69, 9.17) is 24.0 Å². The third-order valence-electron chi connectivity index (χ3n) is 13.5. The molecule has 0 radical (unpaired) electrons. The van der Waals surface area contributed by atoms with Crippen LogP contribution in [-0.4, -0.2) is 131 Å². The van der Waals surface area contributed by atoms with E-state index in [0.717, 1.165) is 31.8 Å². The molecule has 65 heavy (non-hydrogen) atoms. The monoisotopic (exact) mass is 898 g/mol. The van der Waals surface area contributed by atoms with Gasteiger partial charge < -0.3 is 59.8 Å². The summed E-state index contributed by atoms with van der Waals surface area (Å²) in [5.41, 5.74) is 1.90. The first-order chi connectivity index (χ1) is 30.8. The Morgan fingerprint density at radius 2 is 1.68 bits per heavy atom. The molecule has 6 N–H and O–H groups in total. The molecule has 2 aromatic carbocycles. The maximum Gasteiger partial charge on any atom is 0.312 e. The lowest BCUT2D eigenvalue weighted by molar-refractivity contribution is -0.160. The topological polar surface area (TPSA) is 215 Å². The molecule has 0 spiro atoms. The highest BCUT2D eigenvalue weighted by molar-refractivity contribution is 6.27. The first kappa shape index (κ1) is 47.1. The van der Waals surface area contributed by atoms with Crippen molar-refractivity contribution >= 4 is 51.7 Å². The van der Waals surface area contributed by atoms with Gasteiger partial charge in [-0.2, -0.15) is 5.10 Å². The number of allylic oxidation sites excluding steroid dienone is 4. The number of aromatic hydroxyl groups is 2. The third kappa shape index (κ3) is 8.81. The lowest BCUT2D eigenvalue weighted by atomic mass is 9.78. The number of amides is 1. The molecule has 0 aliphatic carbocycles. The summed E-state index contributed by atoms with van der Waals surface area (Å²) >= 11 is 0. The molecule has 350 valence electrons. The van der Waals surface area contributed by atoms with E-state index in [1.54, 1.807) is 78.3 Å². The van der Waals surface area contributed by atoms with Gasteiger partial charge in [0, 0.05) is 93.5 Å². The quantitative estimate of drug-likeness (QED) is 0.0995. The minimum absolute atomic E-state index is 0.0123. The number of hydrogen-bond donors (Lipinski definition) is 6. The highest BCUT2D eigenvalue weighted by Gasteiger charge is 2.51. The molecule has 5 heterocycles. The standard InChI is InChI=1S/C48H62N6O11/c1-24-12-11-13-25(2)47(61)51-38-39-37(50-33-22-31(14-16-54(33)39)23-49-53-19-17-52(9)18-20-53)34-35(43(38)59)42(58)29(6)45-36(34)46(60)48(8,65-45)63-21-15-32(62-10)26(3)44(64-30(7)55)28(5)41(57)27(4)40(24)56/h11-16,21-24,26-28,32-33,40-41,44,50,56-59H,17-20H2,1-10H3,(H,51,61)/b12-11+,21-15+,25-13-,49-23+/t24-,26+,27+,28+,32-,33?,40-,41+,44+,48-/m0/s1. The minimum atomic E-state index is -1.97. The molecule has 7 rings (SSSR count). The third-order valence-corrected chi connectivity index (χ3v) is 13.5. The van der Waals surface area contributed by atoms with Crippen molar-refractivity contribution in [2.75, 3.05) is 55.9 Å². The average molecular weight is 899 g/mol. The molecule has 5 aliphatic rings. The second-order valence-electron chi connectivity index (χ2n) is 18.1. The number of nitrogens with zero attached hydrogens (tertiary/aromatic N) is 4. The second-order valence-corrected chi connectivity index (χ2v) is 18.1. The Hall–Kier alpha value is -5.88. The number of ketones is 1. The summed E-state index contributed by atoms with van der Waals surface area (Å²) in [5, 5.41) is 60.4. The largest absolute Gasteiger partial charge is 0.507 e. The summed E-state index contributed by atoms with van der Waals surface area (Å²) in [7, 11) is 3.54. The first-order valence-electron chi connectivity index (χ1n) is 22.1. The number of aliphatic hydroxyl groups is 2. The van der Waals surface area contributed by atoms with Crippen molar-refractivity contribution in [1.29, 1.82) is 0 Å². The van der Waals surface area contributed by atoms with E-state index in [0.29, 0.717) is 11.4 Å². The molecule has 1 fully saturated rings. The van der Waals surface area contributed by atoms with Gasteiger partial charge >= 0.3 is 11.8 Å². The number of ether oxygens (including phenoxy) is 4. The Labute approximate surface area is 379 Å². The molecule has 0 aromatic heterocycles. The Bertz CT molecular complexity index is 2420. The molecular weight excluding hydrogens is 837 g/mol. The van der Waals surface area contributed by atoms with Gasteiger partial charge in [0.15, 0.2) is 5.75 Å². The predicted molar refractivity (Wildman–Crippen MR) is 247 cm³/mol. The van der Waals surface area contributed by atoms with Crippen LogP contribution in [0.2, 0.25) is 0 Å². The summed E-state index contributed by atoms with van der Waals surface area (Å²) in [6.45, 7) is 16.3. The van der Waals surface area contributed by atoms with Crippen LogP contribution in [0.1, 0.15) is 64.4 Å². The number of carbonyl (C=O) groups excluding carboxylic acids is 3. The van der Waals surface area contributed by atoms with Gasteiger partial charge in [0.05, 0.1) is 53.1 Å². The van der Waals surface area contributed by atoms with E-state index in [-0.39, 0.29) is 44.7 Å². The van der Waals surface area contributed by atoms with E-state index in [1.165, 1.54) is 27.2 Å². The maximum atomic E-state index is 14.8. The number of hydrazone groups is 1. The zero-order chi connectivity index (χ0) is 47.2. The van der Waals surface area contributed by atoms with Gasteiger partial charge in [-0.15, -0.1) is 0 Å². The molecule has 17 heteroatoms. The fraction of sp³-hybridized carbons (Fsp3) is 0.500. The van der Waals surface area contributed by atoms with E-state index in [2.05, 4.69) is 22.6 Å². The van der Waals surface area contributed by atoms with Gasteiger partial charge in [-0.05, 0) is 44.7 Å². The van der Waals surface area contributed by atoms with Crippen LogP contribution in [0.25, 0.3) is 10.8 Å². The second kappa shape index (κ2) is 18.5. The van der Waals surface area contributed by atoms with Gasteiger partial charge in [-0.25, -0.2) is 0 Å². The number of benzene rings is 2. The molecule has 0 saturated carbocycles. The SMILES string of the molecule is CO[C@H]1/C=C/O[C@@]2(C)Oc3c(C)c(O)c4c(O)c(c5c(c4c3C2=O)NC2C=C(/C=N/N3CCN(C)CC3)C=CN52)NC(=O)/C(C)=C\C=C\[C@H](C)[C@H](O)[C@@H](C)[C@@H](O)[C@@H](C)[C@H](OC(C)=O)[C@@H]1C. The number of fused-ring (bicyclic) bond motifs is 2. The summed E-state index contributed by atoms with van der Waals surface area (Å²) in [4.78, 5) is 45.3. The number of carbonyl (C=O) groups is 3. The van der Waals surface area contributed by atoms with Gasteiger partial charge in [0.2, 0.25) is 0 Å². The van der Waals surface area contributed by atoms with Crippen molar-refractivity contribution in [3.05, 3.63) is 71.2 Å². The number of hydrogen-bond acceptors (Lipinski definition) is 16. The number of nitrogens with one attached hydrogen (secondary N) is 2. The van der Waals surface area contributed by atoms with Crippen LogP contribution in [0.4, 0.5) is 17.1 Å². The van der Waals surface area contributed by atoms with Crippen LogP contribution < -0.4 is 20.3 Å². The van der Waals surface area contributed by atoms with E-state index < -0.39 is 83.4 Å². The average Bonchev–Trinajstić information content (AvgIpc) is 3.78. The normalized spacial score (nSPS) is 32.8. The molecule has 5 aliphatic heterocycles. The number of rotatable bonds is 4. The number of phenolic OH excluding ortho intramolecular Hbond substituents is 2. The highest BCUT2D eigenvalue weighted by atomic mass is 16.7. The first-order valence-corrected chi connectivity index (χ1v) is 22.1. The van der Waals surface area contributed by atoms with E-state index in [1.807, 2.05) is 22.1 Å². The molecule has 17 nitrogen and oxygen atoms in total. The number of aliphatic hydroxyl groups excluding tert-OH is 2. The minimum Gasteiger partial charge on any atom is -0.507 e. The van der Waals surface area contributed by atoms with Crippen molar-refractivity contribution in [3.63, 3.8) is 0 Å². The van der Waals surface area contributed by atoms with Crippen LogP contribution in [0, 0.1) is 30.6 Å². The summed E-state index contributed by atoms with van der Waals surface area (Å²) in [5.74, 6) is -6.93. The summed E-state index contributed by atoms with van der Waals surface area (Å²) in [6.07, 6.45) is 10.7. The molecule has 1 amide bonds. The smallest absolute Gasteiger partial charge is 0.312 e. The molecular formula is C48H62N6O11. The lowest BCUT2D eigenvalue weighted by Crippen LogP contribution is -2.46. The maximum absolute atomic E-state index is 14.8. The van der Waals surface area contributed by atoms with Crippen LogP contribution in [0.15, 0.2) is 65.2 Å². The molecule has 2 aromatic rings. The van der Waals surface area contributed by atoms with Crippen molar-refractivity contribution in [2.24, 2.45) is 28.8 Å². The Balaban J connectivity index is 1.36. The number of Topliss-reactive ketones (excluding diaryl/α,β-unsaturated/α-hetero) is 1. The van der Waals surface area contributed by atoms with Crippen molar-refractivity contribution in [3.8, 4) is 17.2 Å². The van der Waals surface area contributed by atoms with Crippen LogP contribution in [0.5, 0.6) is 17.2 Å². The number of esters is 1. The highest BCUT2D eigenvalue weighted by Crippen LogP contribution is 2.59. The van der Waals surface area contributed by atoms with E-state index in [9.17, 15) is 34.8 Å². The number of methoxy groups -OCH3 is 1. The number of piperazine rings is 1. The predicted octanol–water partition coefficient (Wildman–Crippen LogP) is 5.29. The molecule has 10 atom stereocenters. The number of likely N-dealkylation sites (N-methyl/N-ethyl adjacent to an activating group) is 1. The van der Waals surface area contributed by atoms with Crippen molar-refractivity contribution in [2.45, 2.75) is 91.8 Å². The van der Waals surface area contributed by atoms with E-state index >= 15 is 0 Å². The Morgan fingerprint density at radius 3 is 2.35 bits per heavy atom. The van der Waals surface area contributed by atoms with Crippen LogP contribution >= 0.6 is 0 Å². The van der Waals surface area contributed by atoms with Crippen LogP contribution in [-0.2, 0) is 23.8 Å². The lowest BCUT2D eigenvalue weighted by Gasteiger charge is -2.38. The fourth-order valence-corrected chi connectivity index (χ4v) is 9.32. The summed E-state index contributed by atoms with van der Waals surface area (Å²) < 4.78 is 24.1. The molecule has 4 bridgehead atoms. The zero-order valence-electron chi connectivity index (χ0n) is 38.7. The molecule has 1 unspecified atom stereocenters. The Kier molecular flexibility index (Phi) is 13.4.